The Hall–Kier alpha value is -1.73. The van der Waals surface area contributed by atoms with Crippen LogP contribution < -0.4 is 4.74 Å². The Morgan fingerprint density at radius 3 is 2.77 bits per heavy atom. The average molecular weight is 179 g/mol. The number of hydrogen-bond acceptors (Lipinski definition) is 4. The van der Waals surface area contributed by atoms with Crippen LogP contribution in [0.5, 0.6) is 11.5 Å². The molecule has 13 heavy (non-hydrogen) atoms. The van der Waals surface area contributed by atoms with Crippen LogP contribution in [0.25, 0.3) is 0 Å². The molecular weight excluding hydrogens is 170 g/mol. The van der Waals surface area contributed by atoms with Crippen LogP contribution in [0.1, 0.15) is 11.7 Å². The highest BCUT2D eigenvalue weighted by atomic mass is 16.5. The quantitative estimate of drug-likeness (QED) is 0.663. The predicted octanol–water partition coefficient (Wildman–Crippen LogP) is 0.958. The Labute approximate surface area is 75.6 Å². The number of phenols is 1. The second-order valence-electron chi connectivity index (χ2n) is 2.46. The average Bonchev–Trinajstić information content (AvgIpc) is 2.17. The van der Waals surface area contributed by atoms with E-state index in [4.69, 9.17) is 15.1 Å². The molecule has 0 aliphatic heterocycles. The van der Waals surface area contributed by atoms with Crippen molar-refractivity contribution in [1.82, 2.24) is 0 Å². The number of phenolic OH excluding ortho intramolecular Hbond substituents is 1. The lowest BCUT2D eigenvalue weighted by molar-refractivity contribution is 0.235. The zero-order chi connectivity index (χ0) is 9.84. The molecule has 1 aromatic carbocycles. The molecule has 4 heteroatoms. The van der Waals surface area contributed by atoms with E-state index in [0.717, 1.165) is 0 Å². The van der Waals surface area contributed by atoms with Crippen molar-refractivity contribution in [3.63, 3.8) is 0 Å². The van der Waals surface area contributed by atoms with E-state index in [2.05, 4.69) is 0 Å². The van der Waals surface area contributed by atoms with Crippen LogP contribution in [0.2, 0.25) is 0 Å². The monoisotopic (exact) mass is 179 g/mol. The van der Waals surface area contributed by atoms with Crippen LogP contribution in [-0.2, 0) is 0 Å². The van der Waals surface area contributed by atoms with Crippen LogP contribution >= 0.6 is 0 Å². The summed E-state index contributed by atoms with van der Waals surface area (Å²) >= 11 is 0. The Kier molecular flexibility index (Phi) is 2.72. The number of aromatic hydroxyl groups is 1. The molecule has 0 radical (unpaired) electrons. The highest BCUT2D eigenvalue weighted by Gasteiger charge is 2.08. The molecule has 0 aliphatic rings. The largest absolute Gasteiger partial charge is 0.504 e. The third-order valence-corrected chi connectivity index (χ3v) is 1.64. The molecule has 0 aromatic heterocycles. The molecule has 2 N–H and O–H groups in total. The van der Waals surface area contributed by atoms with Crippen molar-refractivity contribution in [2.24, 2.45) is 0 Å². The Bertz CT molecular complexity index is 343. The van der Waals surface area contributed by atoms with Crippen LogP contribution in [0.15, 0.2) is 18.2 Å². The van der Waals surface area contributed by atoms with Gasteiger partial charge in [0, 0.05) is 0 Å². The second-order valence-corrected chi connectivity index (χ2v) is 2.46. The number of aliphatic hydroxyl groups is 1. The Balaban J connectivity index is 3.08. The van der Waals surface area contributed by atoms with Gasteiger partial charge in [0.05, 0.1) is 13.2 Å². The van der Waals surface area contributed by atoms with Crippen molar-refractivity contribution in [3.8, 4) is 17.6 Å². The molecule has 0 saturated carbocycles. The van der Waals surface area contributed by atoms with Gasteiger partial charge in [-0.25, -0.2) is 0 Å². The third kappa shape index (κ3) is 1.89. The minimum absolute atomic E-state index is 0.0172. The van der Waals surface area contributed by atoms with Gasteiger partial charge in [0.15, 0.2) is 17.6 Å². The summed E-state index contributed by atoms with van der Waals surface area (Å²) in [5.41, 5.74) is 0.400. The summed E-state index contributed by atoms with van der Waals surface area (Å²) in [6.45, 7) is 0. The lowest BCUT2D eigenvalue weighted by atomic mass is 10.1. The molecule has 4 nitrogen and oxygen atoms in total. The first-order valence-corrected chi connectivity index (χ1v) is 3.63. The Morgan fingerprint density at radius 1 is 1.54 bits per heavy atom. The summed E-state index contributed by atoms with van der Waals surface area (Å²) in [7, 11) is 1.40. The lowest BCUT2D eigenvalue weighted by Gasteiger charge is -2.06. The minimum atomic E-state index is -1.19. The number of ether oxygens (including phenoxy) is 1. The topological polar surface area (TPSA) is 73.5 Å². The fraction of sp³-hybridized carbons (Fsp3) is 0.222. The van der Waals surface area contributed by atoms with E-state index in [9.17, 15) is 5.11 Å². The van der Waals surface area contributed by atoms with Crippen molar-refractivity contribution in [2.75, 3.05) is 7.11 Å². The molecule has 68 valence electrons. The van der Waals surface area contributed by atoms with Gasteiger partial charge in [0.25, 0.3) is 0 Å². The molecule has 0 heterocycles. The molecule has 0 unspecified atom stereocenters. The second kappa shape index (κ2) is 3.78. The normalized spacial score (nSPS) is 11.8. The molecular formula is C9H9NO3. The van der Waals surface area contributed by atoms with Gasteiger partial charge in [-0.05, 0) is 17.7 Å². The van der Waals surface area contributed by atoms with Crippen LogP contribution in [0.3, 0.4) is 0 Å². The van der Waals surface area contributed by atoms with Crippen LogP contribution in [0, 0.1) is 11.3 Å². The van der Waals surface area contributed by atoms with E-state index < -0.39 is 6.10 Å². The number of nitrogens with zero attached hydrogens (tertiary/aromatic N) is 1. The lowest BCUT2D eigenvalue weighted by Crippen LogP contribution is -1.94. The fourth-order valence-corrected chi connectivity index (χ4v) is 0.939. The van der Waals surface area contributed by atoms with Crippen LogP contribution in [0.4, 0.5) is 0 Å². The van der Waals surface area contributed by atoms with Gasteiger partial charge < -0.3 is 14.9 Å². The van der Waals surface area contributed by atoms with E-state index in [1.165, 1.54) is 25.3 Å². The van der Waals surface area contributed by atoms with Gasteiger partial charge in [-0.3, -0.25) is 0 Å². The summed E-state index contributed by atoms with van der Waals surface area (Å²) in [5.74, 6) is 0.225. The number of hydrogen-bond donors (Lipinski definition) is 2. The zero-order valence-corrected chi connectivity index (χ0v) is 7.06. The summed E-state index contributed by atoms with van der Waals surface area (Å²) in [5, 5.41) is 26.8. The zero-order valence-electron chi connectivity index (χ0n) is 7.06. The van der Waals surface area contributed by atoms with Crippen molar-refractivity contribution in [1.29, 1.82) is 5.26 Å². The van der Waals surface area contributed by atoms with Gasteiger partial charge in [-0.1, -0.05) is 6.07 Å². The fourth-order valence-electron chi connectivity index (χ4n) is 0.939. The number of nitriles is 1. The summed E-state index contributed by atoms with van der Waals surface area (Å²) in [6, 6.07) is 5.92. The predicted molar refractivity (Wildman–Crippen MR) is 45.2 cm³/mol. The minimum Gasteiger partial charge on any atom is -0.504 e. The molecule has 0 saturated heterocycles. The standard InChI is InChI=1S/C9H9NO3/c1-13-9-4-6(8(12)5-10)2-3-7(9)11/h2-4,8,11-12H,1H3/t8-/m0/s1. The van der Waals surface area contributed by atoms with E-state index >= 15 is 0 Å². The number of benzene rings is 1. The first-order valence-electron chi connectivity index (χ1n) is 3.63. The Morgan fingerprint density at radius 2 is 2.23 bits per heavy atom. The molecule has 1 rings (SSSR count). The molecule has 0 spiro atoms. The van der Waals surface area contributed by atoms with Gasteiger partial charge in [-0.2, -0.15) is 5.26 Å². The molecule has 0 bridgehead atoms. The van der Waals surface area contributed by atoms with Crippen molar-refractivity contribution in [3.05, 3.63) is 23.8 Å². The SMILES string of the molecule is COc1cc([C@@H](O)C#N)ccc1O. The van der Waals surface area contributed by atoms with E-state index in [1.807, 2.05) is 0 Å². The third-order valence-electron chi connectivity index (χ3n) is 1.64. The van der Waals surface area contributed by atoms with Gasteiger partial charge in [0.1, 0.15) is 0 Å². The summed E-state index contributed by atoms with van der Waals surface area (Å²) in [6.07, 6.45) is -1.19. The molecule has 1 atom stereocenters. The van der Waals surface area contributed by atoms with E-state index in [0.29, 0.717) is 5.56 Å². The van der Waals surface area contributed by atoms with Crippen molar-refractivity contribution < 1.29 is 14.9 Å². The van der Waals surface area contributed by atoms with Gasteiger partial charge in [0.2, 0.25) is 0 Å². The van der Waals surface area contributed by atoms with Crippen LogP contribution in [-0.4, -0.2) is 17.3 Å². The summed E-state index contributed by atoms with van der Waals surface area (Å²) < 4.78 is 4.81. The number of methoxy groups -OCH3 is 1. The maximum Gasteiger partial charge on any atom is 0.166 e. The van der Waals surface area contributed by atoms with Crippen molar-refractivity contribution >= 4 is 0 Å². The van der Waals surface area contributed by atoms with Gasteiger partial charge >= 0.3 is 0 Å². The molecule has 0 fully saturated rings. The first kappa shape index (κ1) is 9.36. The first-order chi connectivity index (χ1) is 6.19. The molecule has 1 aromatic rings. The highest BCUT2D eigenvalue weighted by molar-refractivity contribution is 5.43. The maximum absolute atomic E-state index is 9.20. The smallest absolute Gasteiger partial charge is 0.166 e. The number of rotatable bonds is 2. The van der Waals surface area contributed by atoms with E-state index in [1.54, 1.807) is 6.07 Å². The van der Waals surface area contributed by atoms with E-state index in [-0.39, 0.29) is 11.5 Å². The highest BCUT2D eigenvalue weighted by Crippen LogP contribution is 2.28. The van der Waals surface area contributed by atoms with Gasteiger partial charge in [-0.15, -0.1) is 0 Å². The molecule has 0 amide bonds. The summed E-state index contributed by atoms with van der Waals surface area (Å²) in [4.78, 5) is 0. The molecule has 0 aliphatic carbocycles. The maximum atomic E-state index is 9.20. The van der Waals surface area contributed by atoms with Crippen molar-refractivity contribution in [2.45, 2.75) is 6.10 Å². The number of aliphatic hydroxyl groups excluding tert-OH is 1.